The fourth-order valence-electron chi connectivity index (χ4n) is 3.22. The van der Waals surface area contributed by atoms with Crippen LogP contribution in [0.25, 0.3) is 16.9 Å². The molecule has 0 aliphatic carbocycles. The number of thiazole rings is 1. The van der Waals surface area contributed by atoms with Crippen molar-refractivity contribution >= 4 is 34.1 Å². The quantitative estimate of drug-likeness (QED) is 0.324. The van der Waals surface area contributed by atoms with E-state index in [1.54, 1.807) is 4.68 Å². The Bertz CT molecular complexity index is 1370. The minimum absolute atomic E-state index is 0.199. The van der Waals surface area contributed by atoms with Crippen LogP contribution < -0.4 is 5.32 Å². The summed E-state index contributed by atoms with van der Waals surface area (Å²) in [7, 11) is 0. The van der Waals surface area contributed by atoms with E-state index in [1.165, 1.54) is 23.1 Å². The molecule has 1 N–H and O–H groups in total. The summed E-state index contributed by atoms with van der Waals surface area (Å²) in [6.45, 7) is 0. The van der Waals surface area contributed by atoms with Gasteiger partial charge in [-0.05, 0) is 34.7 Å². The number of rotatable bonds is 7. The number of benzene rings is 3. The topological polar surface area (TPSA) is 85.6 Å². The van der Waals surface area contributed by atoms with Gasteiger partial charge in [0.1, 0.15) is 0 Å². The second-order valence-corrected chi connectivity index (χ2v) is 8.86. The lowest BCUT2D eigenvalue weighted by molar-refractivity contribution is 0.102. The van der Waals surface area contributed by atoms with E-state index in [0.717, 1.165) is 21.8 Å². The number of hydrogen-bond donors (Lipinski definition) is 1. The zero-order chi connectivity index (χ0) is 22.5. The summed E-state index contributed by atoms with van der Waals surface area (Å²) in [5.41, 5.74) is 3.33. The van der Waals surface area contributed by atoms with Crippen LogP contribution in [0.2, 0.25) is 0 Å². The highest BCUT2D eigenvalue weighted by Gasteiger charge is 2.16. The van der Waals surface area contributed by atoms with E-state index in [4.69, 9.17) is 0 Å². The number of nitrogens with zero attached hydrogens (tertiary/aromatic N) is 5. The Morgan fingerprint density at radius 3 is 2.48 bits per heavy atom. The molecule has 162 valence electrons. The lowest BCUT2D eigenvalue weighted by Crippen LogP contribution is -2.13. The van der Waals surface area contributed by atoms with E-state index in [1.807, 2.05) is 90.3 Å². The van der Waals surface area contributed by atoms with Crippen molar-refractivity contribution in [2.75, 3.05) is 5.32 Å². The smallest absolute Gasteiger partial charge is 0.258 e. The molecule has 0 radical (unpaired) electrons. The number of hydrogen-bond acceptors (Lipinski definition) is 7. The summed E-state index contributed by atoms with van der Waals surface area (Å²) >= 11 is 2.92. The van der Waals surface area contributed by atoms with E-state index in [9.17, 15) is 4.79 Å². The van der Waals surface area contributed by atoms with Crippen molar-refractivity contribution in [3.63, 3.8) is 0 Å². The molecule has 0 aliphatic rings. The minimum atomic E-state index is -0.199. The first kappa shape index (κ1) is 21.0. The predicted octanol–water partition coefficient (Wildman–Crippen LogP) is 5.33. The molecule has 33 heavy (non-hydrogen) atoms. The third-order valence-corrected chi connectivity index (χ3v) is 6.64. The van der Waals surface area contributed by atoms with Crippen LogP contribution >= 0.6 is 23.1 Å². The fourth-order valence-corrected chi connectivity index (χ4v) is 4.90. The highest BCUT2D eigenvalue weighted by molar-refractivity contribution is 7.98. The standard InChI is InChI=1S/C24H18N6OS2/c31-23(26-24-25-20(15-33-24)17-9-3-1-4-10-17)19-13-7-8-14-21(19)32-16-22-27-28-29-30(22)18-11-5-2-6-12-18/h1-15H,16H2,(H,25,26,31). The molecule has 0 spiro atoms. The van der Waals surface area contributed by atoms with Gasteiger partial charge in [-0.1, -0.05) is 60.7 Å². The molecule has 0 atom stereocenters. The van der Waals surface area contributed by atoms with Crippen molar-refractivity contribution in [2.45, 2.75) is 10.6 Å². The summed E-state index contributed by atoms with van der Waals surface area (Å²) in [5.74, 6) is 1.02. The molecule has 1 amide bonds. The van der Waals surface area contributed by atoms with Gasteiger partial charge in [-0.25, -0.2) is 4.98 Å². The fraction of sp³-hybridized carbons (Fsp3) is 0.0417. The number of para-hydroxylation sites is 1. The summed E-state index contributed by atoms with van der Waals surface area (Å²) in [5, 5.41) is 17.5. The van der Waals surface area contributed by atoms with Gasteiger partial charge in [0, 0.05) is 15.8 Å². The molecule has 0 fully saturated rings. The van der Waals surface area contributed by atoms with Gasteiger partial charge < -0.3 is 0 Å². The number of nitrogens with one attached hydrogen (secondary N) is 1. The molecule has 5 rings (SSSR count). The number of amides is 1. The Kier molecular flexibility index (Phi) is 6.23. The van der Waals surface area contributed by atoms with E-state index >= 15 is 0 Å². The van der Waals surface area contributed by atoms with E-state index < -0.39 is 0 Å². The molecular weight excluding hydrogens is 452 g/mol. The first-order valence-corrected chi connectivity index (χ1v) is 12.0. The van der Waals surface area contributed by atoms with E-state index in [-0.39, 0.29) is 5.91 Å². The molecule has 2 heterocycles. The van der Waals surface area contributed by atoms with Crippen LogP contribution in [-0.4, -0.2) is 31.1 Å². The molecule has 0 bridgehead atoms. The number of thioether (sulfide) groups is 1. The molecule has 7 nitrogen and oxygen atoms in total. The summed E-state index contributed by atoms with van der Waals surface area (Å²) in [6, 6.07) is 27.1. The first-order chi connectivity index (χ1) is 16.3. The van der Waals surface area contributed by atoms with Gasteiger partial charge >= 0.3 is 0 Å². The van der Waals surface area contributed by atoms with Crippen molar-refractivity contribution in [1.82, 2.24) is 25.2 Å². The molecule has 3 aromatic carbocycles. The van der Waals surface area contributed by atoms with Gasteiger partial charge in [-0.15, -0.1) is 28.2 Å². The van der Waals surface area contributed by atoms with Crippen LogP contribution in [0.5, 0.6) is 0 Å². The number of aromatic nitrogens is 5. The highest BCUT2D eigenvalue weighted by atomic mass is 32.2. The largest absolute Gasteiger partial charge is 0.298 e. The number of carbonyl (C=O) groups is 1. The highest BCUT2D eigenvalue weighted by Crippen LogP contribution is 2.28. The zero-order valence-electron chi connectivity index (χ0n) is 17.3. The van der Waals surface area contributed by atoms with Crippen molar-refractivity contribution in [1.29, 1.82) is 0 Å². The summed E-state index contributed by atoms with van der Waals surface area (Å²) in [4.78, 5) is 18.4. The molecule has 0 saturated heterocycles. The van der Waals surface area contributed by atoms with E-state index in [0.29, 0.717) is 22.3 Å². The SMILES string of the molecule is O=C(Nc1nc(-c2ccccc2)cs1)c1ccccc1SCc1nnnn1-c1ccccc1. The second kappa shape index (κ2) is 9.76. The third kappa shape index (κ3) is 4.84. The van der Waals surface area contributed by atoms with Gasteiger partial charge in [-0.3, -0.25) is 10.1 Å². The average Bonchev–Trinajstić information content (AvgIpc) is 3.54. The minimum Gasteiger partial charge on any atom is -0.298 e. The summed E-state index contributed by atoms with van der Waals surface area (Å²) in [6.07, 6.45) is 0. The zero-order valence-corrected chi connectivity index (χ0v) is 19.0. The molecule has 0 unspecified atom stereocenters. The van der Waals surface area contributed by atoms with Crippen molar-refractivity contribution in [3.8, 4) is 16.9 Å². The van der Waals surface area contributed by atoms with Gasteiger partial charge in [0.05, 0.1) is 22.7 Å². The maximum atomic E-state index is 13.0. The Labute approximate surface area is 198 Å². The normalized spacial score (nSPS) is 10.8. The number of anilines is 1. The first-order valence-electron chi connectivity index (χ1n) is 10.1. The van der Waals surface area contributed by atoms with E-state index in [2.05, 4.69) is 25.8 Å². The van der Waals surface area contributed by atoms with Crippen molar-refractivity contribution in [3.05, 3.63) is 102 Å². The number of tetrazole rings is 1. The van der Waals surface area contributed by atoms with Crippen molar-refractivity contribution < 1.29 is 4.79 Å². The maximum absolute atomic E-state index is 13.0. The third-order valence-electron chi connectivity index (χ3n) is 4.82. The van der Waals surface area contributed by atoms with Crippen LogP contribution in [0, 0.1) is 0 Å². The van der Waals surface area contributed by atoms with Gasteiger partial charge in [0.25, 0.3) is 5.91 Å². The van der Waals surface area contributed by atoms with Gasteiger partial charge in [-0.2, -0.15) is 4.68 Å². The predicted molar refractivity (Wildman–Crippen MR) is 131 cm³/mol. The Balaban J connectivity index is 1.30. The van der Waals surface area contributed by atoms with Crippen LogP contribution in [0.1, 0.15) is 16.2 Å². The van der Waals surface area contributed by atoms with Crippen molar-refractivity contribution in [2.24, 2.45) is 0 Å². The molecule has 5 aromatic rings. The molecule has 0 saturated carbocycles. The Morgan fingerprint density at radius 2 is 1.67 bits per heavy atom. The lowest BCUT2D eigenvalue weighted by Gasteiger charge is -2.09. The van der Waals surface area contributed by atoms with Gasteiger partial charge in [0.2, 0.25) is 0 Å². The van der Waals surface area contributed by atoms with Crippen LogP contribution in [0.15, 0.2) is 95.2 Å². The molecule has 0 aliphatic heterocycles. The Hall–Kier alpha value is -3.82. The second-order valence-electron chi connectivity index (χ2n) is 6.99. The molecular formula is C24H18N6OS2. The average molecular weight is 471 g/mol. The van der Waals surface area contributed by atoms with Gasteiger partial charge in [0.15, 0.2) is 11.0 Å². The molecule has 9 heteroatoms. The lowest BCUT2D eigenvalue weighted by atomic mass is 10.2. The monoisotopic (exact) mass is 470 g/mol. The summed E-state index contributed by atoms with van der Waals surface area (Å²) < 4.78 is 1.70. The number of carbonyl (C=O) groups excluding carboxylic acids is 1. The van der Waals surface area contributed by atoms with Crippen LogP contribution in [0.3, 0.4) is 0 Å². The molecule has 2 aromatic heterocycles. The van der Waals surface area contributed by atoms with Crippen LogP contribution in [0.4, 0.5) is 5.13 Å². The maximum Gasteiger partial charge on any atom is 0.258 e. The van der Waals surface area contributed by atoms with Crippen LogP contribution in [-0.2, 0) is 5.75 Å². The Morgan fingerprint density at radius 1 is 0.939 bits per heavy atom.